The summed E-state index contributed by atoms with van der Waals surface area (Å²) < 4.78 is 10.4. The predicted octanol–water partition coefficient (Wildman–Crippen LogP) is 1.85. The number of carbonyl (C=O) groups is 3. The second-order valence-corrected chi connectivity index (χ2v) is 5.72. The minimum Gasteiger partial charge on any atom is -0.469 e. The third-order valence-corrected chi connectivity index (χ3v) is 4.43. The highest BCUT2D eigenvalue weighted by Gasteiger charge is 2.61. The number of fused-ring (bicyclic) bond motifs is 1. The molecule has 2 aliphatic rings. The van der Waals surface area contributed by atoms with Gasteiger partial charge < -0.3 is 14.1 Å². The van der Waals surface area contributed by atoms with Crippen LogP contribution in [-0.4, -0.2) is 35.7 Å². The molecule has 6 nitrogen and oxygen atoms in total. The normalized spacial score (nSPS) is 23.7. The van der Waals surface area contributed by atoms with Crippen LogP contribution < -0.4 is 0 Å². The van der Waals surface area contributed by atoms with Crippen LogP contribution in [0.5, 0.6) is 0 Å². The molecule has 122 valence electrons. The van der Waals surface area contributed by atoms with Gasteiger partial charge in [0.05, 0.1) is 12.9 Å². The Hall–Kier alpha value is -2.37. The molecule has 1 fully saturated rings. The van der Waals surface area contributed by atoms with Crippen molar-refractivity contribution < 1.29 is 23.5 Å². The van der Waals surface area contributed by atoms with Gasteiger partial charge in [0, 0.05) is 18.7 Å². The van der Waals surface area contributed by atoms with Crippen molar-refractivity contribution in [3.8, 4) is 0 Å². The molecule has 3 rings (SSSR count). The number of likely N-dealkylation sites (tertiary alicyclic amines) is 1. The highest BCUT2D eigenvalue weighted by atomic mass is 16.5. The van der Waals surface area contributed by atoms with Crippen LogP contribution in [0.15, 0.2) is 34.6 Å². The highest BCUT2D eigenvalue weighted by molar-refractivity contribution is 6.46. The molecule has 0 spiro atoms. The van der Waals surface area contributed by atoms with E-state index < -0.39 is 23.1 Å². The zero-order chi connectivity index (χ0) is 16.4. The molecule has 2 heterocycles. The number of hydrogen-bond donors (Lipinski definition) is 0. The van der Waals surface area contributed by atoms with Crippen molar-refractivity contribution >= 4 is 17.7 Å². The predicted molar refractivity (Wildman–Crippen MR) is 80.1 cm³/mol. The third-order valence-electron chi connectivity index (χ3n) is 4.43. The third kappa shape index (κ3) is 2.38. The van der Waals surface area contributed by atoms with Crippen molar-refractivity contribution in [1.29, 1.82) is 0 Å². The molecule has 1 atom stereocenters. The molecule has 1 aromatic rings. The van der Waals surface area contributed by atoms with Crippen LogP contribution in [0.25, 0.3) is 0 Å². The summed E-state index contributed by atoms with van der Waals surface area (Å²) in [7, 11) is 0. The number of furan rings is 1. The van der Waals surface area contributed by atoms with Gasteiger partial charge in [0.1, 0.15) is 5.76 Å². The number of carbonyl (C=O) groups excluding carboxylic acids is 3. The molecular formula is C17H19NO5. The minimum atomic E-state index is -1.44. The van der Waals surface area contributed by atoms with Gasteiger partial charge in [0.15, 0.2) is 5.41 Å². The summed E-state index contributed by atoms with van der Waals surface area (Å²) in [5.41, 5.74) is -0.946. The molecule has 6 heteroatoms. The summed E-state index contributed by atoms with van der Waals surface area (Å²) in [4.78, 5) is 38.9. The van der Waals surface area contributed by atoms with Crippen molar-refractivity contribution in [2.75, 3.05) is 13.2 Å². The Bertz CT molecular complexity index is 661. The first-order valence-electron chi connectivity index (χ1n) is 7.87. The lowest BCUT2D eigenvalue weighted by Gasteiger charge is -2.30. The number of nitrogens with zero attached hydrogens (tertiary/aromatic N) is 1. The summed E-state index contributed by atoms with van der Waals surface area (Å²) in [5.74, 6) is -1.17. The molecule has 23 heavy (non-hydrogen) atoms. The van der Waals surface area contributed by atoms with Gasteiger partial charge in [-0.2, -0.15) is 0 Å². The van der Waals surface area contributed by atoms with E-state index in [9.17, 15) is 14.4 Å². The first kappa shape index (κ1) is 15.5. The molecule has 0 aromatic carbocycles. The lowest BCUT2D eigenvalue weighted by atomic mass is 9.75. The lowest BCUT2D eigenvalue weighted by Crippen LogP contribution is -2.41. The monoisotopic (exact) mass is 317 g/mol. The van der Waals surface area contributed by atoms with Gasteiger partial charge in [-0.25, -0.2) is 0 Å². The van der Waals surface area contributed by atoms with E-state index >= 15 is 0 Å². The Balaban J connectivity index is 1.90. The Morgan fingerprint density at radius 1 is 1.43 bits per heavy atom. The van der Waals surface area contributed by atoms with Gasteiger partial charge >= 0.3 is 5.97 Å². The molecule has 0 bridgehead atoms. The summed E-state index contributed by atoms with van der Waals surface area (Å²) in [5, 5.41) is 0. The number of amides is 1. The number of esters is 1. The van der Waals surface area contributed by atoms with Crippen molar-refractivity contribution in [3.63, 3.8) is 0 Å². The smallest absolute Gasteiger partial charge is 0.326 e. The second-order valence-electron chi connectivity index (χ2n) is 5.72. The van der Waals surface area contributed by atoms with E-state index in [-0.39, 0.29) is 6.61 Å². The van der Waals surface area contributed by atoms with Crippen LogP contribution in [0, 0.1) is 5.41 Å². The Morgan fingerprint density at radius 3 is 2.96 bits per heavy atom. The summed E-state index contributed by atoms with van der Waals surface area (Å²) in [6, 6.07) is 3.59. The number of hydrogen-bond acceptors (Lipinski definition) is 5. The van der Waals surface area contributed by atoms with Crippen molar-refractivity contribution in [1.82, 2.24) is 4.90 Å². The van der Waals surface area contributed by atoms with Crippen LogP contribution in [0.4, 0.5) is 0 Å². The van der Waals surface area contributed by atoms with E-state index in [0.29, 0.717) is 31.5 Å². The second kappa shape index (κ2) is 6.02. The molecule has 1 aliphatic heterocycles. The SMILES string of the molecule is CCOC(=O)C12CCCC=C1N(CCc1ccco1)C(=O)C2=O. The quantitative estimate of drug-likeness (QED) is 0.470. The Morgan fingerprint density at radius 2 is 2.26 bits per heavy atom. The van der Waals surface area contributed by atoms with E-state index in [4.69, 9.17) is 9.15 Å². The maximum absolute atomic E-state index is 12.6. The molecule has 1 unspecified atom stereocenters. The van der Waals surface area contributed by atoms with Gasteiger partial charge in [0.25, 0.3) is 5.91 Å². The van der Waals surface area contributed by atoms with Gasteiger partial charge in [0.2, 0.25) is 5.78 Å². The summed E-state index contributed by atoms with van der Waals surface area (Å²) in [6.07, 6.45) is 5.64. The van der Waals surface area contributed by atoms with Crippen LogP contribution in [0.2, 0.25) is 0 Å². The van der Waals surface area contributed by atoms with Crippen LogP contribution in [0.3, 0.4) is 0 Å². The Kier molecular flexibility index (Phi) is 4.07. The molecule has 1 aromatic heterocycles. The van der Waals surface area contributed by atoms with Crippen LogP contribution in [0.1, 0.15) is 31.9 Å². The number of rotatable bonds is 5. The number of Topliss-reactive ketones (excluding diaryl/α,β-unsaturated/α-hetero) is 1. The average Bonchev–Trinajstić information content (AvgIpc) is 3.14. The van der Waals surface area contributed by atoms with Crippen LogP contribution >= 0.6 is 0 Å². The topological polar surface area (TPSA) is 76.8 Å². The lowest BCUT2D eigenvalue weighted by molar-refractivity contribution is -0.158. The van der Waals surface area contributed by atoms with Gasteiger partial charge in [-0.05, 0) is 38.3 Å². The molecule has 1 saturated heterocycles. The fraction of sp³-hybridized carbons (Fsp3) is 0.471. The van der Waals surface area contributed by atoms with Gasteiger partial charge in [-0.15, -0.1) is 0 Å². The molecule has 0 saturated carbocycles. The van der Waals surface area contributed by atoms with Gasteiger partial charge in [-0.1, -0.05) is 6.08 Å². The van der Waals surface area contributed by atoms with E-state index in [1.165, 1.54) is 4.90 Å². The fourth-order valence-corrected chi connectivity index (χ4v) is 3.35. The number of ketones is 1. The van der Waals surface area contributed by atoms with E-state index in [1.807, 2.05) is 12.1 Å². The maximum Gasteiger partial charge on any atom is 0.326 e. The first-order chi connectivity index (χ1) is 11.1. The van der Waals surface area contributed by atoms with E-state index in [0.717, 1.165) is 12.2 Å². The molecule has 1 amide bonds. The zero-order valence-electron chi connectivity index (χ0n) is 13.0. The molecule has 0 N–H and O–H groups in total. The van der Waals surface area contributed by atoms with Crippen molar-refractivity contribution in [3.05, 3.63) is 35.9 Å². The van der Waals surface area contributed by atoms with Crippen LogP contribution in [-0.2, 0) is 25.5 Å². The van der Waals surface area contributed by atoms with E-state index in [1.54, 1.807) is 19.3 Å². The maximum atomic E-state index is 12.6. The highest BCUT2D eigenvalue weighted by Crippen LogP contribution is 2.46. The number of allylic oxidation sites excluding steroid dienone is 1. The first-order valence-corrected chi connectivity index (χ1v) is 7.87. The summed E-state index contributed by atoms with van der Waals surface area (Å²) >= 11 is 0. The summed E-state index contributed by atoms with van der Waals surface area (Å²) in [6.45, 7) is 2.18. The average molecular weight is 317 g/mol. The fourth-order valence-electron chi connectivity index (χ4n) is 3.35. The van der Waals surface area contributed by atoms with Crippen molar-refractivity contribution in [2.45, 2.75) is 32.6 Å². The molecule has 1 aliphatic carbocycles. The standard InChI is InChI=1S/C17H19NO5/c1-2-22-16(21)17-9-4-3-7-13(17)18(15(20)14(17)19)10-8-12-6-5-11-23-12/h5-7,11H,2-4,8-10H2,1H3. The van der Waals surface area contributed by atoms with E-state index in [2.05, 4.69) is 0 Å². The van der Waals surface area contributed by atoms with Crippen molar-refractivity contribution in [2.24, 2.45) is 5.41 Å². The minimum absolute atomic E-state index is 0.182. The Labute approximate surface area is 134 Å². The largest absolute Gasteiger partial charge is 0.469 e. The molecule has 0 radical (unpaired) electrons. The molecular weight excluding hydrogens is 298 g/mol. The number of ether oxygens (including phenoxy) is 1. The van der Waals surface area contributed by atoms with Gasteiger partial charge in [-0.3, -0.25) is 14.4 Å². The zero-order valence-corrected chi connectivity index (χ0v) is 13.0.